The normalized spacial score (nSPS) is 12.4. The summed E-state index contributed by atoms with van der Waals surface area (Å²) in [6.45, 7) is 3.90. The number of anilines is 3. The van der Waals surface area contributed by atoms with Gasteiger partial charge >= 0.3 is 0 Å². The third kappa shape index (κ3) is 7.10. The summed E-state index contributed by atoms with van der Waals surface area (Å²) in [7, 11) is 4.03. The molecule has 0 spiro atoms. The standard InChI is InChI=1S/C19H20N2O2.C8H12N2S/c1-13(22)20-18-7-3-5-15(12-18)16-8-9-19-17(11-16)6-4-10-21(19)14(2)23;1-10(2)11-8-5-3-7(9)4-6-8/h3,5,7-9,11-12H,4,6,10H2,1-2H3,(H,20,22);3-6H,9H2,1-2H3. The van der Waals surface area contributed by atoms with Crippen molar-refractivity contribution in [3.8, 4) is 11.1 Å². The zero-order valence-electron chi connectivity index (χ0n) is 20.2. The Morgan fingerprint density at radius 2 is 1.68 bits per heavy atom. The first-order chi connectivity index (χ1) is 16.2. The first-order valence-electron chi connectivity index (χ1n) is 11.2. The van der Waals surface area contributed by atoms with Gasteiger partial charge in [0, 0.05) is 42.3 Å². The lowest BCUT2D eigenvalue weighted by Gasteiger charge is -2.29. The van der Waals surface area contributed by atoms with Crippen LogP contribution in [0.3, 0.4) is 0 Å². The number of carbonyl (C=O) groups excluding carboxylic acids is 2. The highest BCUT2D eigenvalue weighted by atomic mass is 32.2. The largest absolute Gasteiger partial charge is 0.399 e. The van der Waals surface area contributed by atoms with Crippen LogP contribution in [0.15, 0.2) is 71.6 Å². The molecule has 7 heteroatoms. The van der Waals surface area contributed by atoms with Gasteiger partial charge in [-0.2, -0.15) is 0 Å². The van der Waals surface area contributed by atoms with Crippen LogP contribution in [0, 0.1) is 0 Å². The molecule has 34 heavy (non-hydrogen) atoms. The second-order valence-electron chi connectivity index (χ2n) is 8.35. The van der Waals surface area contributed by atoms with Crippen LogP contribution in [-0.2, 0) is 16.0 Å². The van der Waals surface area contributed by atoms with E-state index in [0.717, 1.165) is 47.6 Å². The van der Waals surface area contributed by atoms with Crippen molar-refractivity contribution in [3.05, 3.63) is 72.3 Å². The molecule has 4 rings (SSSR count). The predicted molar refractivity (Wildman–Crippen MR) is 143 cm³/mol. The summed E-state index contributed by atoms with van der Waals surface area (Å²) in [4.78, 5) is 26.0. The van der Waals surface area contributed by atoms with Crippen LogP contribution in [0.5, 0.6) is 0 Å². The molecule has 0 atom stereocenters. The van der Waals surface area contributed by atoms with Crippen LogP contribution < -0.4 is 16.0 Å². The monoisotopic (exact) mass is 476 g/mol. The zero-order valence-corrected chi connectivity index (χ0v) is 21.0. The Labute approximate surface area is 206 Å². The van der Waals surface area contributed by atoms with Gasteiger partial charge in [-0.15, -0.1) is 0 Å². The number of rotatable bonds is 4. The lowest BCUT2D eigenvalue weighted by atomic mass is 9.96. The zero-order chi connectivity index (χ0) is 24.7. The summed E-state index contributed by atoms with van der Waals surface area (Å²) >= 11 is 1.68. The molecular weight excluding hydrogens is 444 g/mol. The first-order valence-corrected chi connectivity index (χ1v) is 12.0. The number of benzene rings is 3. The molecule has 6 nitrogen and oxygen atoms in total. The topological polar surface area (TPSA) is 78.7 Å². The molecule has 1 aliphatic rings. The predicted octanol–water partition coefficient (Wildman–Crippen LogP) is 5.45. The Morgan fingerprint density at radius 3 is 2.32 bits per heavy atom. The number of carbonyl (C=O) groups is 2. The van der Waals surface area contributed by atoms with E-state index in [-0.39, 0.29) is 11.8 Å². The molecule has 1 aliphatic heterocycles. The Morgan fingerprint density at radius 1 is 0.971 bits per heavy atom. The highest BCUT2D eigenvalue weighted by Crippen LogP contribution is 2.32. The van der Waals surface area contributed by atoms with Crippen molar-refractivity contribution in [2.45, 2.75) is 31.6 Å². The third-order valence-corrected chi connectivity index (χ3v) is 6.11. The minimum Gasteiger partial charge on any atom is -0.399 e. The van der Waals surface area contributed by atoms with E-state index in [9.17, 15) is 9.59 Å². The molecule has 0 saturated heterocycles. The van der Waals surface area contributed by atoms with E-state index in [1.54, 1.807) is 18.9 Å². The minimum atomic E-state index is -0.0790. The van der Waals surface area contributed by atoms with Crippen LogP contribution in [0.25, 0.3) is 11.1 Å². The van der Waals surface area contributed by atoms with Crippen molar-refractivity contribution in [2.75, 3.05) is 36.6 Å². The van der Waals surface area contributed by atoms with Crippen LogP contribution in [-0.4, -0.2) is 36.8 Å². The molecule has 0 fully saturated rings. The lowest BCUT2D eigenvalue weighted by molar-refractivity contribution is -0.116. The Hall–Kier alpha value is -3.29. The van der Waals surface area contributed by atoms with Crippen LogP contribution in [0.1, 0.15) is 25.8 Å². The van der Waals surface area contributed by atoms with Crippen LogP contribution in [0.4, 0.5) is 17.1 Å². The summed E-state index contributed by atoms with van der Waals surface area (Å²) < 4.78 is 2.05. The maximum Gasteiger partial charge on any atom is 0.223 e. The van der Waals surface area contributed by atoms with Gasteiger partial charge < -0.3 is 16.0 Å². The van der Waals surface area contributed by atoms with E-state index in [2.05, 4.69) is 11.4 Å². The van der Waals surface area contributed by atoms with E-state index < -0.39 is 0 Å². The first kappa shape index (κ1) is 25.3. The van der Waals surface area contributed by atoms with Gasteiger partial charge in [0.05, 0.1) is 0 Å². The minimum absolute atomic E-state index is 0.0790. The molecule has 178 valence electrons. The number of hydrogen-bond donors (Lipinski definition) is 2. The van der Waals surface area contributed by atoms with Crippen molar-refractivity contribution >= 4 is 40.8 Å². The third-order valence-electron chi connectivity index (χ3n) is 5.26. The maximum atomic E-state index is 11.7. The van der Waals surface area contributed by atoms with Gasteiger partial charge in [0.1, 0.15) is 0 Å². The highest BCUT2D eigenvalue weighted by molar-refractivity contribution is 7.97. The van der Waals surface area contributed by atoms with Crippen molar-refractivity contribution in [1.29, 1.82) is 0 Å². The van der Waals surface area contributed by atoms with Gasteiger partial charge in [-0.05, 0) is 104 Å². The summed E-state index contributed by atoms with van der Waals surface area (Å²) in [5.41, 5.74) is 11.5. The smallest absolute Gasteiger partial charge is 0.223 e. The van der Waals surface area contributed by atoms with Gasteiger partial charge in [-0.1, -0.05) is 18.2 Å². The number of hydrogen-bond acceptors (Lipinski definition) is 5. The Kier molecular flexibility index (Phi) is 8.73. The number of aryl methyl sites for hydroxylation is 1. The molecule has 3 N–H and O–H groups in total. The van der Waals surface area contributed by atoms with E-state index in [1.165, 1.54) is 17.4 Å². The molecule has 3 aromatic rings. The molecular formula is C27H32N4O2S. The van der Waals surface area contributed by atoms with Gasteiger partial charge in [-0.25, -0.2) is 0 Å². The van der Waals surface area contributed by atoms with Crippen molar-refractivity contribution in [3.63, 3.8) is 0 Å². The summed E-state index contributed by atoms with van der Waals surface area (Å²) in [5.74, 6) is 0.0102. The van der Waals surface area contributed by atoms with E-state index in [4.69, 9.17) is 5.73 Å². The van der Waals surface area contributed by atoms with Gasteiger partial charge in [0.15, 0.2) is 0 Å². The average Bonchev–Trinajstić information content (AvgIpc) is 2.79. The molecule has 0 saturated carbocycles. The van der Waals surface area contributed by atoms with Crippen molar-refractivity contribution in [1.82, 2.24) is 4.31 Å². The van der Waals surface area contributed by atoms with Gasteiger partial charge in [-0.3, -0.25) is 13.9 Å². The fourth-order valence-electron chi connectivity index (χ4n) is 3.82. The van der Waals surface area contributed by atoms with Gasteiger partial charge in [0.2, 0.25) is 11.8 Å². The van der Waals surface area contributed by atoms with Crippen LogP contribution >= 0.6 is 11.9 Å². The average molecular weight is 477 g/mol. The maximum absolute atomic E-state index is 11.7. The quantitative estimate of drug-likeness (QED) is 0.387. The summed E-state index contributed by atoms with van der Waals surface area (Å²) in [6, 6.07) is 21.9. The highest BCUT2D eigenvalue weighted by Gasteiger charge is 2.20. The molecule has 0 aliphatic carbocycles. The molecule has 1 heterocycles. The van der Waals surface area contributed by atoms with E-state index in [1.807, 2.05) is 84.0 Å². The molecule has 0 bridgehead atoms. The van der Waals surface area contributed by atoms with Crippen molar-refractivity contribution < 1.29 is 9.59 Å². The second-order valence-corrected chi connectivity index (χ2v) is 9.74. The van der Waals surface area contributed by atoms with E-state index >= 15 is 0 Å². The summed E-state index contributed by atoms with van der Waals surface area (Å²) in [6.07, 6.45) is 1.97. The van der Waals surface area contributed by atoms with E-state index in [0.29, 0.717) is 0 Å². The molecule has 0 radical (unpaired) electrons. The molecule has 3 aromatic carbocycles. The SMILES string of the molecule is CC(=O)Nc1cccc(-c2ccc3c(c2)CCCN3C(C)=O)c1.CN(C)Sc1ccc(N)cc1. The number of nitrogen functional groups attached to an aromatic ring is 1. The second kappa shape index (κ2) is 11.7. The fraction of sp³-hybridized carbons (Fsp3) is 0.259. The van der Waals surface area contributed by atoms with Crippen molar-refractivity contribution in [2.24, 2.45) is 0 Å². The van der Waals surface area contributed by atoms with Gasteiger partial charge in [0.25, 0.3) is 0 Å². The Balaban J connectivity index is 0.000000248. The number of fused-ring (bicyclic) bond motifs is 1. The number of nitrogens with two attached hydrogens (primary N) is 1. The molecule has 2 amide bonds. The number of nitrogens with one attached hydrogen (secondary N) is 1. The lowest BCUT2D eigenvalue weighted by Crippen LogP contribution is -2.33. The molecule has 0 unspecified atom stereocenters. The number of nitrogens with zero attached hydrogens (tertiary/aromatic N) is 2. The van der Waals surface area contributed by atoms with Crippen LogP contribution in [0.2, 0.25) is 0 Å². The summed E-state index contributed by atoms with van der Waals surface area (Å²) in [5, 5.41) is 2.81. The molecule has 0 aromatic heterocycles. The fourth-order valence-corrected chi connectivity index (χ4v) is 4.50. The Bertz CT molecular complexity index is 1150. The number of amides is 2.